The van der Waals surface area contributed by atoms with E-state index in [1.807, 2.05) is 13.8 Å². The van der Waals surface area contributed by atoms with Crippen LogP contribution < -0.4 is 0 Å². The molecule has 5 heteroatoms. The van der Waals surface area contributed by atoms with Gasteiger partial charge in [-0.25, -0.2) is 4.79 Å². The van der Waals surface area contributed by atoms with Crippen molar-refractivity contribution in [3.05, 3.63) is 23.3 Å². The van der Waals surface area contributed by atoms with Crippen molar-refractivity contribution in [3.8, 4) is 0 Å². The highest BCUT2D eigenvalue weighted by Crippen LogP contribution is 2.19. The van der Waals surface area contributed by atoms with Gasteiger partial charge in [-0.05, 0) is 30.6 Å². The quantitative estimate of drug-likeness (QED) is 0.439. The van der Waals surface area contributed by atoms with E-state index in [0.717, 1.165) is 0 Å². The SMILES string of the molecule is CC1=CC(=O)C(C(C)C)=C/C1=N\OC(=O)CCF. The topological polar surface area (TPSA) is 55.7 Å². The van der Waals surface area contributed by atoms with Crippen molar-refractivity contribution in [2.24, 2.45) is 11.1 Å². The summed E-state index contributed by atoms with van der Waals surface area (Å²) in [5.41, 5.74) is 1.66. The van der Waals surface area contributed by atoms with Crippen molar-refractivity contribution in [3.63, 3.8) is 0 Å². The molecule has 0 heterocycles. The van der Waals surface area contributed by atoms with E-state index in [1.165, 1.54) is 6.08 Å². The first-order chi connectivity index (χ1) is 8.45. The van der Waals surface area contributed by atoms with E-state index in [0.29, 0.717) is 16.9 Å². The molecule has 98 valence electrons. The number of ketones is 1. The number of allylic oxidation sites excluding steroid dienone is 4. The van der Waals surface area contributed by atoms with E-state index in [1.54, 1.807) is 13.0 Å². The van der Waals surface area contributed by atoms with Crippen LogP contribution in [0, 0.1) is 5.92 Å². The summed E-state index contributed by atoms with van der Waals surface area (Å²) < 4.78 is 11.9. The lowest BCUT2D eigenvalue weighted by Gasteiger charge is -2.14. The Balaban J connectivity index is 2.87. The molecule has 0 bridgehead atoms. The second-order valence-electron chi connectivity index (χ2n) is 4.32. The van der Waals surface area contributed by atoms with Gasteiger partial charge in [-0.2, -0.15) is 0 Å². The fourth-order valence-corrected chi connectivity index (χ4v) is 1.46. The van der Waals surface area contributed by atoms with Gasteiger partial charge in [0.15, 0.2) is 5.78 Å². The molecule has 0 saturated carbocycles. The van der Waals surface area contributed by atoms with Crippen LogP contribution in [0.4, 0.5) is 4.39 Å². The van der Waals surface area contributed by atoms with Gasteiger partial charge in [0.2, 0.25) is 0 Å². The molecule has 0 aliphatic heterocycles. The maximum Gasteiger partial charge on any atom is 0.337 e. The maximum atomic E-state index is 11.9. The van der Waals surface area contributed by atoms with E-state index >= 15 is 0 Å². The maximum absolute atomic E-state index is 11.9. The summed E-state index contributed by atoms with van der Waals surface area (Å²) in [4.78, 5) is 27.2. The molecule has 0 aromatic rings. The van der Waals surface area contributed by atoms with E-state index < -0.39 is 12.6 Å². The monoisotopic (exact) mass is 253 g/mol. The van der Waals surface area contributed by atoms with Crippen LogP contribution in [0.1, 0.15) is 27.2 Å². The van der Waals surface area contributed by atoms with Crippen LogP contribution in [0.3, 0.4) is 0 Å². The lowest BCUT2D eigenvalue weighted by molar-refractivity contribution is -0.143. The Morgan fingerprint density at radius 3 is 2.67 bits per heavy atom. The number of hydrogen-bond donors (Lipinski definition) is 0. The van der Waals surface area contributed by atoms with Gasteiger partial charge < -0.3 is 4.84 Å². The molecule has 0 N–H and O–H groups in total. The van der Waals surface area contributed by atoms with Gasteiger partial charge in [0.05, 0.1) is 13.1 Å². The number of carbonyl (C=O) groups excluding carboxylic acids is 2. The van der Waals surface area contributed by atoms with Crippen molar-refractivity contribution >= 4 is 17.5 Å². The molecule has 0 aromatic carbocycles. The highest BCUT2D eigenvalue weighted by Gasteiger charge is 2.19. The summed E-state index contributed by atoms with van der Waals surface area (Å²) in [7, 11) is 0. The van der Waals surface area contributed by atoms with Crippen LogP contribution >= 0.6 is 0 Å². The summed E-state index contributed by atoms with van der Waals surface area (Å²) in [6, 6.07) is 0. The molecule has 4 nitrogen and oxygen atoms in total. The number of nitrogens with zero attached hydrogens (tertiary/aromatic N) is 1. The minimum absolute atomic E-state index is 0.0588. The van der Waals surface area contributed by atoms with E-state index in [-0.39, 0.29) is 18.1 Å². The Kier molecular flexibility index (Phi) is 4.95. The molecule has 0 spiro atoms. The standard InChI is InChI=1S/C13H16FNO3/c1-8(2)10-7-11(9(3)6-12(10)16)15-18-13(17)4-5-14/h6-8H,4-5H2,1-3H3/b15-11+. The third-order valence-electron chi connectivity index (χ3n) is 2.49. The lowest BCUT2D eigenvalue weighted by Crippen LogP contribution is -2.16. The summed E-state index contributed by atoms with van der Waals surface area (Å²) >= 11 is 0. The minimum Gasteiger partial charge on any atom is -0.318 e. The number of alkyl halides is 1. The molecule has 0 aromatic heterocycles. The number of rotatable bonds is 4. The zero-order chi connectivity index (χ0) is 13.7. The van der Waals surface area contributed by atoms with Crippen LogP contribution in [0.25, 0.3) is 0 Å². The first-order valence-electron chi connectivity index (χ1n) is 5.74. The van der Waals surface area contributed by atoms with E-state index in [2.05, 4.69) is 9.99 Å². The first kappa shape index (κ1) is 14.3. The molecule has 0 fully saturated rings. The molecule has 0 amide bonds. The highest BCUT2D eigenvalue weighted by atomic mass is 19.1. The average molecular weight is 253 g/mol. The molecule has 1 aliphatic carbocycles. The predicted octanol–water partition coefficient (Wildman–Crippen LogP) is 2.36. The van der Waals surface area contributed by atoms with Crippen molar-refractivity contribution < 1.29 is 18.8 Å². The van der Waals surface area contributed by atoms with Gasteiger partial charge in [-0.3, -0.25) is 9.18 Å². The molecular formula is C13H16FNO3. The molecule has 18 heavy (non-hydrogen) atoms. The summed E-state index contributed by atoms with van der Waals surface area (Å²) in [5.74, 6) is -0.723. The smallest absolute Gasteiger partial charge is 0.318 e. The Morgan fingerprint density at radius 1 is 1.44 bits per heavy atom. The Bertz CT molecular complexity index is 447. The fourth-order valence-electron chi connectivity index (χ4n) is 1.46. The lowest BCUT2D eigenvalue weighted by atomic mass is 9.90. The van der Waals surface area contributed by atoms with Gasteiger partial charge in [-0.1, -0.05) is 19.0 Å². The third kappa shape index (κ3) is 3.61. The van der Waals surface area contributed by atoms with Crippen molar-refractivity contribution in [1.82, 2.24) is 0 Å². The van der Waals surface area contributed by atoms with Gasteiger partial charge in [0.1, 0.15) is 5.71 Å². The molecule has 0 radical (unpaired) electrons. The van der Waals surface area contributed by atoms with Crippen LogP contribution in [0.5, 0.6) is 0 Å². The molecule has 0 atom stereocenters. The van der Waals surface area contributed by atoms with Crippen molar-refractivity contribution in [2.45, 2.75) is 27.2 Å². The number of oxime groups is 1. The summed E-state index contributed by atoms with van der Waals surface area (Å²) in [6.45, 7) is 4.72. The molecule has 1 rings (SSSR count). The Hall–Kier alpha value is -1.78. The average Bonchev–Trinajstić information content (AvgIpc) is 2.27. The Morgan fingerprint density at radius 2 is 2.11 bits per heavy atom. The van der Waals surface area contributed by atoms with Gasteiger partial charge in [-0.15, -0.1) is 0 Å². The second kappa shape index (κ2) is 6.23. The second-order valence-corrected chi connectivity index (χ2v) is 4.32. The predicted molar refractivity (Wildman–Crippen MR) is 65.8 cm³/mol. The highest BCUT2D eigenvalue weighted by molar-refractivity contribution is 6.21. The van der Waals surface area contributed by atoms with Crippen molar-refractivity contribution in [2.75, 3.05) is 6.67 Å². The fraction of sp³-hybridized carbons (Fsp3) is 0.462. The third-order valence-corrected chi connectivity index (χ3v) is 2.49. The number of carbonyl (C=O) groups is 2. The van der Waals surface area contributed by atoms with E-state index in [4.69, 9.17) is 0 Å². The van der Waals surface area contributed by atoms with Gasteiger partial charge in [0, 0.05) is 5.57 Å². The molecule has 0 unspecified atom stereocenters. The van der Waals surface area contributed by atoms with Crippen LogP contribution in [-0.2, 0) is 14.4 Å². The minimum atomic E-state index is -0.774. The zero-order valence-corrected chi connectivity index (χ0v) is 10.7. The van der Waals surface area contributed by atoms with Gasteiger partial charge in [0.25, 0.3) is 0 Å². The number of halogens is 1. The molecule has 1 aliphatic rings. The normalized spacial score (nSPS) is 17.8. The summed E-state index contributed by atoms with van der Waals surface area (Å²) in [5, 5.41) is 3.65. The number of hydrogen-bond acceptors (Lipinski definition) is 4. The van der Waals surface area contributed by atoms with Crippen molar-refractivity contribution in [1.29, 1.82) is 0 Å². The molecule has 0 saturated heterocycles. The molecular weight excluding hydrogens is 237 g/mol. The zero-order valence-electron chi connectivity index (χ0n) is 10.7. The van der Waals surface area contributed by atoms with E-state index in [9.17, 15) is 14.0 Å². The Labute approximate surface area is 105 Å². The van der Waals surface area contributed by atoms with Crippen LogP contribution in [-0.4, -0.2) is 24.1 Å². The van der Waals surface area contributed by atoms with Crippen LogP contribution in [0.2, 0.25) is 0 Å². The van der Waals surface area contributed by atoms with Crippen LogP contribution in [0.15, 0.2) is 28.5 Å². The largest absolute Gasteiger partial charge is 0.337 e. The van der Waals surface area contributed by atoms with Gasteiger partial charge >= 0.3 is 5.97 Å². The first-order valence-corrected chi connectivity index (χ1v) is 5.74. The summed E-state index contributed by atoms with van der Waals surface area (Å²) in [6.07, 6.45) is 2.74.